The Labute approximate surface area is 158 Å². The number of methoxy groups -OCH3 is 1. The second-order valence-corrected chi connectivity index (χ2v) is 5.79. The Kier molecular flexibility index (Phi) is 4.92. The maximum atomic E-state index is 13.1. The Morgan fingerprint density at radius 3 is 2.75 bits per heavy atom. The summed E-state index contributed by atoms with van der Waals surface area (Å²) < 4.78 is 39.5. The first kappa shape index (κ1) is 19.2. The van der Waals surface area contributed by atoms with E-state index in [0.29, 0.717) is 22.8 Å². The first-order valence-corrected chi connectivity index (χ1v) is 7.91. The van der Waals surface area contributed by atoms with Gasteiger partial charge in [-0.15, -0.1) is 8.78 Å². The van der Waals surface area contributed by atoms with Crippen LogP contribution in [0.4, 0.5) is 26.0 Å². The zero-order valence-electron chi connectivity index (χ0n) is 14.9. The van der Waals surface area contributed by atoms with Crippen molar-refractivity contribution >= 4 is 23.2 Å². The summed E-state index contributed by atoms with van der Waals surface area (Å²) in [6.07, 6.45) is -0.941. The first-order chi connectivity index (χ1) is 13.2. The fraction of sp³-hybridized carbons (Fsp3) is 0.176. The van der Waals surface area contributed by atoms with Crippen molar-refractivity contribution in [2.75, 3.05) is 17.4 Å². The number of nitrogens with zero attached hydrogens (tertiary/aromatic N) is 2. The number of benzene rings is 1. The summed E-state index contributed by atoms with van der Waals surface area (Å²) in [4.78, 5) is 15.6. The summed E-state index contributed by atoms with van der Waals surface area (Å²) in [6, 6.07) is 5.82. The van der Waals surface area contributed by atoms with E-state index < -0.39 is 12.3 Å². The van der Waals surface area contributed by atoms with Crippen LogP contribution in [0.1, 0.15) is 5.56 Å². The van der Waals surface area contributed by atoms with Crippen molar-refractivity contribution in [3.05, 3.63) is 47.9 Å². The van der Waals surface area contributed by atoms with Gasteiger partial charge in [-0.3, -0.25) is 5.01 Å². The van der Waals surface area contributed by atoms with Crippen molar-refractivity contribution < 1.29 is 27.8 Å². The molecule has 0 amide bonds. The van der Waals surface area contributed by atoms with Crippen LogP contribution in [0.5, 0.6) is 11.5 Å². The summed E-state index contributed by atoms with van der Waals surface area (Å²) in [7, 11) is 1.20. The number of carbonyl (C=O) groups is 1. The molecule has 148 valence electrons. The molecule has 0 saturated heterocycles. The van der Waals surface area contributed by atoms with Crippen molar-refractivity contribution in [2.45, 2.75) is 13.2 Å². The second kappa shape index (κ2) is 7.19. The van der Waals surface area contributed by atoms with Crippen molar-refractivity contribution in [2.24, 2.45) is 11.6 Å². The van der Waals surface area contributed by atoms with Gasteiger partial charge in [0.2, 0.25) is 0 Å². The molecule has 0 unspecified atom stereocenters. The number of pyridine rings is 1. The molecule has 0 spiro atoms. The lowest BCUT2D eigenvalue weighted by molar-refractivity contribution is -0.286. The topological polar surface area (TPSA) is 125 Å². The smallest absolute Gasteiger partial charge is 0.464 e. The molecule has 0 fully saturated rings. The average Bonchev–Trinajstić information content (AvgIpc) is 2.95. The number of carbonyl (C=O) groups excluding carboxylic acids is 1. The predicted octanol–water partition coefficient (Wildman–Crippen LogP) is 2.11. The monoisotopic (exact) mass is 393 g/mol. The van der Waals surface area contributed by atoms with Crippen LogP contribution in [0, 0.1) is 6.92 Å². The van der Waals surface area contributed by atoms with Crippen LogP contribution in [0.2, 0.25) is 0 Å². The van der Waals surface area contributed by atoms with Gasteiger partial charge >= 0.3 is 12.3 Å². The van der Waals surface area contributed by atoms with E-state index in [9.17, 15) is 13.6 Å². The van der Waals surface area contributed by atoms with Gasteiger partial charge < -0.3 is 25.3 Å². The normalized spacial score (nSPS) is 14.5. The van der Waals surface area contributed by atoms with Crippen LogP contribution in [-0.2, 0) is 9.53 Å². The number of fused-ring (bicyclic) bond motifs is 1. The van der Waals surface area contributed by atoms with E-state index in [-0.39, 0.29) is 17.2 Å². The molecule has 9 nitrogen and oxygen atoms in total. The fourth-order valence-electron chi connectivity index (χ4n) is 2.42. The molecule has 1 aliphatic heterocycles. The summed E-state index contributed by atoms with van der Waals surface area (Å²) in [6.45, 7) is 1.76. The van der Waals surface area contributed by atoms with Crippen molar-refractivity contribution in [3.63, 3.8) is 0 Å². The third-order valence-electron chi connectivity index (χ3n) is 3.73. The average molecular weight is 393 g/mol. The molecule has 2 aromatic rings. The van der Waals surface area contributed by atoms with Gasteiger partial charge in [-0.2, -0.15) is 0 Å². The zero-order valence-corrected chi connectivity index (χ0v) is 14.9. The molecular formula is C17H17F2N5O4. The number of anilines is 3. The third-order valence-corrected chi connectivity index (χ3v) is 3.73. The van der Waals surface area contributed by atoms with Gasteiger partial charge in [0.05, 0.1) is 19.0 Å². The second-order valence-electron chi connectivity index (χ2n) is 5.79. The van der Waals surface area contributed by atoms with Crippen molar-refractivity contribution in [1.29, 1.82) is 0 Å². The molecule has 11 heteroatoms. The number of hydrogen-bond acceptors (Lipinski definition) is 9. The molecule has 1 aliphatic rings. The summed E-state index contributed by atoms with van der Waals surface area (Å²) in [5, 5.41) is 4.10. The molecular weight excluding hydrogens is 376 g/mol. The van der Waals surface area contributed by atoms with Gasteiger partial charge in [0, 0.05) is 24.0 Å². The Balaban J connectivity index is 1.82. The molecule has 3 rings (SSSR count). The number of halogens is 2. The van der Waals surface area contributed by atoms with E-state index in [1.807, 2.05) is 0 Å². The van der Waals surface area contributed by atoms with Gasteiger partial charge in [-0.25, -0.2) is 15.6 Å². The lowest BCUT2D eigenvalue weighted by Crippen LogP contribution is -2.28. The third kappa shape index (κ3) is 4.04. The SMILES string of the molecule is COC(=O)/C(N)=C/N(N)c1cc(Nc2ccc3c(c2)OC(F)(F)O3)ncc1C. The van der Waals surface area contributed by atoms with Gasteiger partial charge in [0.25, 0.3) is 0 Å². The zero-order chi connectivity index (χ0) is 20.5. The highest BCUT2D eigenvalue weighted by Crippen LogP contribution is 2.42. The summed E-state index contributed by atoms with van der Waals surface area (Å²) in [5.41, 5.74) is 7.05. The maximum absolute atomic E-state index is 13.1. The summed E-state index contributed by atoms with van der Waals surface area (Å²) >= 11 is 0. The van der Waals surface area contributed by atoms with Crippen LogP contribution in [0.3, 0.4) is 0 Å². The molecule has 2 heterocycles. The van der Waals surface area contributed by atoms with Gasteiger partial charge in [-0.05, 0) is 24.6 Å². The van der Waals surface area contributed by atoms with Crippen LogP contribution in [-0.4, -0.2) is 24.4 Å². The number of hydrazine groups is 1. The standard InChI is InChI=1S/C17H17F2N5O4/c1-9-7-22-15(6-12(9)24(21)8-11(20)16(25)26-2)23-10-3-4-13-14(5-10)28-17(18,19)27-13/h3-8H,20-21H2,1-2H3,(H,22,23)/b11-8-. The Hall–Kier alpha value is -3.60. The molecule has 0 atom stereocenters. The number of hydrogen-bond donors (Lipinski definition) is 3. The van der Waals surface area contributed by atoms with Crippen LogP contribution in [0.15, 0.2) is 42.4 Å². The molecule has 0 aliphatic carbocycles. The molecule has 0 radical (unpaired) electrons. The van der Waals surface area contributed by atoms with Crippen molar-refractivity contribution in [1.82, 2.24) is 4.98 Å². The number of aryl methyl sites for hydroxylation is 1. The molecule has 5 N–H and O–H groups in total. The number of nitrogens with one attached hydrogen (secondary N) is 1. The maximum Gasteiger partial charge on any atom is 0.586 e. The number of rotatable bonds is 5. The van der Waals surface area contributed by atoms with E-state index in [1.165, 1.54) is 31.5 Å². The van der Waals surface area contributed by atoms with E-state index >= 15 is 0 Å². The highest BCUT2D eigenvalue weighted by Gasteiger charge is 2.43. The molecule has 1 aromatic heterocycles. The first-order valence-electron chi connectivity index (χ1n) is 7.91. The minimum absolute atomic E-state index is 0.0651. The van der Waals surface area contributed by atoms with Gasteiger partial charge in [0.1, 0.15) is 11.5 Å². The van der Waals surface area contributed by atoms with Gasteiger partial charge in [0.15, 0.2) is 11.5 Å². The number of esters is 1. The fourth-order valence-corrected chi connectivity index (χ4v) is 2.42. The molecule has 28 heavy (non-hydrogen) atoms. The Bertz CT molecular complexity index is 951. The minimum Gasteiger partial charge on any atom is -0.464 e. The summed E-state index contributed by atoms with van der Waals surface area (Å²) in [5.74, 6) is 5.43. The van der Waals surface area contributed by atoms with Crippen LogP contribution < -0.4 is 31.4 Å². The number of ether oxygens (including phenoxy) is 3. The largest absolute Gasteiger partial charge is 0.586 e. The lowest BCUT2D eigenvalue weighted by atomic mass is 10.2. The molecule has 0 bridgehead atoms. The minimum atomic E-state index is -3.69. The lowest BCUT2D eigenvalue weighted by Gasteiger charge is -2.18. The number of alkyl halides is 2. The quantitative estimate of drug-likeness (QED) is 0.303. The van der Waals surface area contributed by atoms with Crippen LogP contribution in [0.25, 0.3) is 0 Å². The number of nitrogens with two attached hydrogens (primary N) is 2. The van der Waals surface area contributed by atoms with Gasteiger partial charge in [-0.1, -0.05) is 0 Å². The Morgan fingerprint density at radius 1 is 1.32 bits per heavy atom. The molecule has 0 saturated carbocycles. The van der Waals surface area contributed by atoms with E-state index in [4.69, 9.17) is 11.6 Å². The van der Waals surface area contributed by atoms with Crippen LogP contribution >= 0.6 is 0 Å². The predicted molar refractivity (Wildman–Crippen MR) is 95.9 cm³/mol. The number of aromatic nitrogens is 1. The van der Waals surface area contributed by atoms with Crippen molar-refractivity contribution in [3.8, 4) is 11.5 Å². The van der Waals surface area contributed by atoms with E-state index in [1.54, 1.807) is 19.2 Å². The van der Waals surface area contributed by atoms with E-state index in [2.05, 4.69) is 24.5 Å². The molecule has 1 aromatic carbocycles. The highest BCUT2D eigenvalue weighted by atomic mass is 19.3. The Morgan fingerprint density at radius 2 is 2.04 bits per heavy atom. The van der Waals surface area contributed by atoms with E-state index in [0.717, 1.165) is 5.01 Å². The highest BCUT2D eigenvalue weighted by molar-refractivity contribution is 5.87.